The minimum absolute atomic E-state index is 0.0279. The lowest BCUT2D eigenvalue weighted by molar-refractivity contribution is -0.126. The summed E-state index contributed by atoms with van der Waals surface area (Å²) in [6, 6.07) is 16.0. The molecule has 3 heterocycles. The zero-order valence-electron chi connectivity index (χ0n) is 19.5. The molecule has 180 valence electrons. The second-order valence-corrected chi connectivity index (χ2v) is 9.71. The lowest BCUT2D eigenvalue weighted by atomic mass is 9.96. The van der Waals surface area contributed by atoms with Gasteiger partial charge in [-0.25, -0.2) is 4.98 Å². The van der Waals surface area contributed by atoms with E-state index in [-0.39, 0.29) is 11.8 Å². The van der Waals surface area contributed by atoms with Crippen molar-refractivity contribution in [1.29, 1.82) is 0 Å². The third-order valence-electron chi connectivity index (χ3n) is 6.39. The van der Waals surface area contributed by atoms with E-state index in [0.29, 0.717) is 24.8 Å². The van der Waals surface area contributed by atoms with Gasteiger partial charge in [-0.2, -0.15) is 4.98 Å². The van der Waals surface area contributed by atoms with Crippen LogP contribution >= 0.6 is 15.9 Å². The first kappa shape index (κ1) is 23.4. The van der Waals surface area contributed by atoms with Gasteiger partial charge in [-0.3, -0.25) is 9.69 Å². The van der Waals surface area contributed by atoms with Gasteiger partial charge in [-0.15, -0.1) is 0 Å². The summed E-state index contributed by atoms with van der Waals surface area (Å²) < 4.78 is 8.50. The maximum atomic E-state index is 12.7. The van der Waals surface area contributed by atoms with Gasteiger partial charge < -0.3 is 14.4 Å². The van der Waals surface area contributed by atoms with Gasteiger partial charge in [-0.05, 0) is 74.8 Å². The Labute approximate surface area is 212 Å². The van der Waals surface area contributed by atoms with Crippen LogP contribution in [0.2, 0.25) is 0 Å². The number of hydrogen-bond donors (Lipinski definition) is 1. The number of nitrogens with one attached hydrogen (secondary N) is 1. The highest BCUT2D eigenvalue weighted by Gasteiger charge is 2.26. The number of benzene rings is 2. The van der Waals surface area contributed by atoms with Gasteiger partial charge in [0.25, 0.3) is 0 Å². The molecule has 1 aliphatic rings. The van der Waals surface area contributed by atoms with Crippen LogP contribution < -0.4 is 5.32 Å². The predicted molar refractivity (Wildman–Crippen MR) is 136 cm³/mol. The summed E-state index contributed by atoms with van der Waals surface area (Å²) in [6.07, 6.45) is 5.37. The van der Waals surface area contributed by atoms with Crippen molar-refractivity contribution in [3.05, 3.63) is 82.7 Å². The third kappa shape index (κ3) is 5.68. The largest absolute Gasteiger partial charge is 0.352 e. The number of amides is 1. The van der Waals surface area contributed by atoms with Gasteiger partial charge in [0.2, 0.25) is 17.6 Å². The fourth-order valence-electron chi connectivity index (χ4n) is 4.34. The lowest BCUT2D eigenvalue weighted by Crippen LogP contribution is -2.40. The zero-order chi connectivity index (χ0) is 24.2. The molecular weight excluding hydrogens is 508 g/mol. The van der Waals surface area contributed by atoms with Gasteiger partial charge in [0, 0.05) is 40.6 Å². The highest BCUT2D eigenvalue weighted by molar-refractivity contribution is 9.10. The number of rotatable bonds is 7. The average molecular weight is 535 g/mol. The molecule has 0 bridgehead atoms. The Kier molecular flexibility index (Phi) is 7.06. The summed E-state index contributed by atoms with van der Waals surface area (Å²) in [7, 11) is 0. The van der Waals surface area contributed by atoms with Crippen LogP contribution in [0.25, 0.3) is 17.1 Å². The summed E-state index contributed by atoms with van der Waals surface area (Å²) in [6.45, 7) is 4.76. The molecule has 0 unspecified atom stereocenters. The fourth-order valence-corrected chi connectivity index (χ4v) is 4.60. The van der Waals surface area contributed by atoms with Crippen LogP contribution in [-0.4, -0.2) is 43.6 Å². The molecule has 1 saturated heterocycles. The number of halogens is 1. The van der Waals surface area contributed by atoms with E-state index in [1.54, 1.807) is 6.20 Å². The first-order valence-corrected chi connectivity index (χ1v) is 12.5. The minimum atomic E-state index is 0.0279. The molecular formula is C26H27BrN6O2. The second kappa shape index (κ2) is 10.5. The quantitative estimate of drug-likeness (QED) is 0.375. The van der Waals surface area contributed by atoms with E-state index in [0.717, 1.165) is 53.0 Å². The number of aromatic nitrogens is 4. The molecule has 0 saturated carbocycles. The number of likely N-dealkylation sites (tertiary alicyclic amines) is 1. The van der Waals surface area contributed by atoms with Crippen LogP contribution in [-0.2, 0) is 17.9 Å². The standard InChI is InChI=1S/C26H27BrN6O2/c1-18-28-12-15-33(18)23-8-2-19(3-9-23)16-29-26(34)21-10-13-32(14-11-21)17-24-30-25(31-35-24)20-4-6-22(27)7-5-20/h2-9,12,15,21H,10-11,13-14,16-17H2,1H3,(H,29,34). The first-order chi connectivity index (χ1) is 17.0. The van der Waals surface area contributed by atoms with Crippen LogP contribution in [0.15, 0.2) is 69.9 Å². The van der Waals surface area contributed by atoms with E-state index in [2.05, 4.69) is 41.3 Å². The lowest BCUT2D eigenvalue weighted by Gasteiger charge is -2.30. The average Bonchev–Trinajstić information content (AvgIpc) is 3.53. The van der Waals surface area contributed by atoms with E-state index < -0.39 is 0 Å². The third-order valence-corrected chi connectivity index (χ3v) is 6.92. The van der Waals surface area contributed by atoms with Crippen molar-refractivity contribution in [2.24, 2.45) is 5.92 Å². The molecule has 8 nitrogen and oxygen atoms in total. The molecule has 5 rings (SSSR count). The molecule has 0 spiro atoms. The summed E-state index contributed by atoms with van der Waals surface area (Å²) >= 11 is 3.43. The van der Waals surface area contributed by atoms with Crippen molar-refractivity contribution >= 4 is 21.8 Å². The summed E-state index contributed by atoms with van der Waals surface area (Å²) in [5.41, 5.74) is 3.06. The van der Waals surface area contributed by atoms with Gasteiger partial charge in [-0.1, -0.05) is 33.2 Å². The number of carbonyl (C=O) groups is 1. The molecule has 1 amide bonds. The SMILES string of the molecule is Cc1nccn1-c1ccc(CNC(=O)C2CCN(Cc3nc(-c4ccc(Br)cc4)no3)CC2)cc1. The molecule has 0 aliphatic carbocycles. The molecule has 9 heteroatoms. The Bertz CT molecular complexity index is 1270. The highest BCUT2D eigenvalue weighted by Crippen LogP contribution is 2.22. The topological polar surface area (TPSA) is 89.1 Å². The van der Waals surface area contributed by atoms with Gasteiger partial charge in [0.1, 0.15) is 5.82 Å². The second-order valence-electron chi connectivity index (χ2n) is 8.80. The fraction of sp³-hybridized carbons (Fsp3) is 0.308. The van der Waals surface area contributed by atoms with Crippen LogP contribution in [0.1, 0.15) is 30.1 Å². The summed E-state index contributed by atoms with van der Waals surface area (Å²) in [5.74, 6) is 2.28. The van der Waals surface area contributed by atoms with Crippen molar-refractivity contribution in [1.82, 2.24) is 29.9 Å². The van der Waals surface area contributed by atoms with E-state index in [1.165, 1.54) is 0 Å². The molecule has 2 aromatic carbocycles. The molecule has 1 N–H and O–H groups in total. The molecule has 35 heavy (non-hydrogen) atoms. The monoisotopic (exact) mass is 534 g/mol. The van der Waals surface area contributed by atoms with E-state index in [9.17, 15) is 4.79 Å². The maximum Gasteiger partial charge on any atom is 0.241 e. The molecule has 0 radical (unpaired) electrons. The maximum absolute atomic E-state index is 12.7. The van der Waals surface area contributed by atoms with E-state index in [4.69, 9.17) is 4.52 Å². The molecule has 1 fully saturated rings. The first-order valence-electron chi connectivity index (χ1n) is 11.7. The zero-order valence-corrected chi connectivity index (χ0v) is 21.1. The number of aryl methyl sites for hydroxylation is 1. The minimum Gasteiger partial charge on any atom is -0.352 e. The number of nitrogens with zero attached hydrogens (tertiary/aromatic N) is 5. The number of piperidine rings is 1. The Morgan fingerprint density at radius 3 is 2.54 bits per heavy atom. The molecule has 4 aromatic rings. The van der Waals surface area contributed by atoms with Gasteiger partial charge in [0.15, 0.2) is 0 Å². The Balaban J connectivity index is 1.08. The van der Waals surface area contributed by atoms with E-state index >= 15 is 0 Å². The normalized spacial score (nSPS) is 14.8. The van der Waals surface area contributed by atoms with Crippen molar-refractivity contribution in [3.63, 3.8) is 0 Å². The highest BCUT2D eigenvalue weighted by atomic mass is 79.9. The van der Waals surface area contributed by atoms with Crippen molar-refractivity contribution in [2.75, 3.05) is 13.1 Å². The predicted octanol–water partition coefficient (Wildman–Crippen LogP) is 4.52. The van der Waals surface area contributed by atoms with Crippen LogP contribution in [0.4, 0.5) is 0 Å². The van der Waals surface area contributed by atoms with Crippen LogP contribution in [0.3, 0.4) is 0 Å². The smallest absolute Gasteiger partial charge is 0.241 e. The number of imidazole rings is 1. The number of hydrogen-bond acceptors (Lipinski definition) is 6. The Hall–Kier alpha value is -3.30. The molecule has 2 aromatic heterocycles. The van der Waals surface area contributed by atoms with Crippen LogP contribution in [0.5, 0.6) is 0 Å². The Morgan fingerprint density at radius 2 is 1.86 bits per heavy atom. The van der Waals surface area contributed by atoms with Crippen molar-refractivity contribution < 1.29 is 9.32 Å². The van der Waals surface area contributed by atoms with Gasteiger partial charge >= 0.3 is 0 Å². The molecule has 0 atom stereocenters. The molecule has 1 aliphatic heterocycles. The van der Waals surface area contributed by atoms with E-state index in [1.807, 2.05) is 66.2 Å². The summed E-state index contributed by atoms with van der Waals surface area (Å²) in [5, 5.41) is 7.21. The van der Waals surface area contributed by atoms with Crippen molar-refractivity contribution in [2.45, 2.75) is 32.9 Å². The Morgan fingerprint density at radius 1 is 1.11 bits per heavy atom. The van der Waals surface area contributed by atoms with Gasteiger partial charge in [0.05, 0.1) is 6.54 Å². The number of carbonyl (C=O) groups excluding carboxylic acids is 1. The van der Waals surface area contributed by atoms with Crippen molar-refractivity contribution in [3.8, 4) is 17.1 Å². The summed E-state index contributed by atoms with van der Waals surface area (Å²) in [4.78, 5) is 23.8. The van der Waals surface area contributed by atoms with Crippen LogP contribution in [0, 0.1) is 12.8 Å².